The lowest BCUT2D eigenvalue weighted by Gasteiger charge is -2.08. The maximum absolute atomic E-state index is 9.77. The van der Waals surface area contributed by atoms with Crippen molar-refractivity contribution < 1.29 is 49.3 Å². The van der Waals surface area contributed by atoms with E-state index in [1.807, 2.05) is 0 Å². The number of aliphatic carboxylic acids is 2. The van der Waals surface area contributed by atoms with E-state index < -0.39 is 24.1 Å². The molecule has 2 atom stereocenters. The first-order valence-electron chi connectivity index (χ1n) is 8.78. The van der Waals surface area contributed by atoms with Crippen LogP contribution in [0.2, 0.25) is 0 Å². The molecule has 0 saturated carbocycles. The van der Waals surface area contributed by atoms with Crippen molar-refractivity contribution >= 4 is 11.9 Å². The van der Waals surface area contributed by atoms with Crippen LogP contribution in [0.15, 0.2) is 9.05 Å². The van der Waals surface area contributed by atoms with Gasteiger partial charge in [0.15, 0.2) is 23.7 Å². The largest absolute Gasteiger partial charge is 0.491 e. The Labute approximate surface area is 168 Å². The zero-order valence-corrected chi connectivity index (χ0v) is 15.6. The molecule has 14 heteroatoms. The van der Waals surface area contributed by atoms with Gasteiger partial charge in [0, 0.05) is 0 Å². The number of aliphatic hydroxyl groups excluding tert-OH is 2. The number of aromatic nitrogens is 2. The van der Waals surface area contributed by atoms with E-state index in [-0.39, 0.29) is 11.8 Å². The van der Waals surface area contributed by atoms with Crippen LogP contribution in [0.1, 0.15) is 22.6 Å². The quantitative estimate of drug-likeness (QED) is 0.261. The molecule has 8 N–H and O–H groups in total. The van der Waals surface area contributed by atoms with Gasteiger partial charge in [-0.25, -0.2) is 9.59 Å². The number of hydrogen-bond acceptors (Lipinski definition) is 12. The Hall–Kier alpha value is -3.20. The molecule has 166 valence electrons. The number of fused-ring (bicyclic) bond motifs is 2. The molecule has 0 aromatic carbocycles. The first-order valence-corrected chi connectivity index (χ1v) is 8.78. The number of carbonyl (C=O) groups is 2. The predicted molar refractivity (Wildman–Crippen MR) is 94.4 cm³/mol. The Morgan fingerprint density at radius 1 is 0.800 bits per heavy atom. The van der Waals surface area contributed by atoms with Gasteiger partial charge in [0.1, 0.15) is 0 Å². The summed E-state index contributed by atoms with van der Waals surface area (Å²) in [4.78, 5) is 19.5. The average molecular weight is 430 g/mol. The smallest absolute Gasteiger partial charge is 0.335 e. The van der Waals surface area contributed by atoms with Gasteiger partial charge in [-0.3, -0.25) is 0 Å². The molecule has 2 unspecified atom stereocenters. The first-order chi connectivity index (χ1) is 14.2. The lowest BCUT2D eigenvalue weighted by atomic mass is 10.1. The highest BCUT2D eigenvalue weighted by molar-refractivity contribution is 5.83. The molecule has 2 aromatic heterocycles. The monoisotopic (exact) mass is 430 g/mol. The van der Waals surface area contributed by atoms with Crippen LogP contribution in [-0.4, -0.2) is 78.2 Å². The van der Waals surface area contributed by atoms with Crippen molar-refractivity contribution in [2.45, 2.75) is 38.1 Å². The second-order valence-electron chi connectivity index (χ2n) is 6.24. The van der Waals surface area contributed by atoms with Gasteiger partial charge >= 0.3 is 11.9 Å². The number of carboxylic acid groups (broad SMARTS) is 2. The summed E-state index contributed by atoms with van der Waals surface area (Å²) in [7, 11) is 0. The first kappa shape index (κ1) is 23.1. The lowest BCUT2D eigenvalue weighted by molar-refractivity contribution is -0.165. The molecule has 0 spiro atoms. The van der Waals surface area contributed by atoms with Gasteiger partial charge in [0.25, 0.3) is 11.8 Å². The van der Waals surface area contributed by atoms with Crippen molar-refractivity contribution in [1.82, 2.24) is 20.9 Å². The molecule has 0 aliphatic carbocycles. The number of hydrogen-bond donors (Lipinski definition) is 8. The van der Waals surface area contributed by atoms with Crippen LogP contribution in [0, 0.1) is 0 Å². The number of nitrogens with zero attached hydrogens (tertiary/aromatic N) is 2. The third-order valence-corrected chi connectivity index (χ3v) is 4.18. The summed E-state index contributed by atoms with van der Waals surface area (Å²) in [6.07, 6.45) is -2.91. The van der Waals surface area contributed by atoms with E-state index in [9.17, 15) is 9.59 Å². The van der Waals surface area contributed by atoms with Crippen LogP contribution in [0.4, 0.5) is 0 Å². The number of nitrogens with one attached hydrogen (secondary N) is 2. The van der Waals surface area contributed by atoms with E-state index in [1.165, 1.54) is 0 Å². The fraction of sp³-hybridized carbons (Fsp3) is 0.500. The SMILES string of the molecule is O=C(O)C(O)C(O)C(=O)O.Oc1noc2c1CCNC2.Oc1noc2c1CCNC2. The van der Waals surface area contributed by atoms with Crippen LogP contribution in [0.25, 0.3) is 0 Å². The van der Waals surface area contributed by atoms with Gasteiger partial charge in [-0.05, 0) is 36.2 Å². The van der Waals surface area contributed by atoms with Crippen molar-refractivity contribution in [3.8, 4) is 11.8 Å². The Morgan fingerprint density at radius 2 is 1.17 bits per heavy atom. The summed E-state index contributed by atoms with van der Waals surface area (Å²) in [5, 5.41) is 63.7. The second kappa shape index (κ2) is 10.5. The molecule has 4 rings (SSSR count). The average Bonchev–Trinajstić information content (AvgIpc) is 3.31. The number of aromatic hydroxyl groups is 2. The Kier molecular flexibility index (Phi) is 8.11. The molecule has 0 radical (unpaired) electrons. The third-order valence-electron chi connectivity index (χ3n) is 4.18. The fourth-order valence-electron chi connectivity index (χ4n) is 2.55. The van der Waals surface area contributed by atoms with Crippen LogP contribution in [0.3, 0.4) is 0 Å². The van der Waals surface area contributed by atoms with Crippen molar-refractivity contribution in [2.75, 3.05) is 13.1 Å². The van der Waals surface area contributed by atoms with E-state index in [2.05, 4.69) is 20.9 Å². The molecule has 0 saturated heterocycles. The van der Waals surface area contributed by atoms with E-state index in [1.54, 1.807) is 0 Å². The Morgan fingerprint density at radius 3 is 1.47 bits per heavy atom. The molecule has 2 aliphatic heterocycles. The normalized spacial score (nSPS) is 16.5. The molecular weight excluding hydrogens is 408 g/mol. The van der Waals surface area contributed by atoms with Crippen LogP contribution in [-0.2, 0) is 35.5 Å². The van der Waals surface area contributed by atoms with Crippen LogP contribution >= 0.6 is 0 Å². The minimum Gasteiger partial charge on any atom is -0.491 e. The topological polar surface area (TPSA) is 232 Å². The van der Waals surface area contributed by atoms with Gasteiger partial charge in [-0.1, -0.05) is 0 Å². The maximum atomic E-state index is 9.77. The van der Waals surface area contributed by atoms with Gasteiger partial charge in [-0.2, -0.15) is 0 Å². The summed E-state index contributed by atoms with van der Waals surface area (Å²) in [5.41, 5.74) is 1.72. The molecule has 4 heterocycles. The van der Waals surface area contributed by atoms with Gasteiger partial charge in [-0.15, -0.1) is 0 Å². The predicted octanol–water partition coefficient (Wildman–Crippen LogP) is -2.07. The fourth-order valence-corrected chi connectivity index (χ4v) is 2.55. The number of carboxylic acids is 2. The van der Waals surface area contributed by atoms with E-state index in [4.69, 9.17) is 39.7 Å². The molecule has 0 amide bonds. The van der Waals surface area contributed by atoms with Gasteiger partial charge in [0.2, 0.25) is 0 Å². The van der Waals surface area contributed by atoms with Crippen molar-refractivity contribution in [1.29, 1.82) is 0 Å². The van der Waals surface area contributed by atoms with E-state index in [0.717, 1.165) is 48.6 Å². The van der Waals surface area contributed by atoms with Crippen molar-refractivity contribution in [2.24, 2.45) is 0 Å². The maximum Gasteiger partial charge on any atom is 0.335 e. The molecule has 0 fully saturated rings. The number of aliphatic hydroxyl groups is 2. The minimum absolute atomic E-state index is 0.0523. The number of rotatable bonds is 3. The second-order valence-corrected chi connectivity index (χ2v) is 6.24. The summed E-state index contributed by atoms with van der Waals surface area (Å²) < 4.78 is 9.65. The Balaban J connectivity index is 0.000000160. The zero-order chi connectivity index (χ0) is 22.3. The minimum atomic E-state index is -2.27. The Bertz CT molecular complexity index is 794. The lowest BCUT2D eigenvalue weighted by Crippen LogP contribution is -2.39. The van der Waals surface area contributed by atoms with Gasteiger partial charge < -0.3 is 50.3 Å². The van der Waals surface area contributed by atoms with Crippen molar-refractivity contribution in [3.05, 3.63) is 22.6 Å². The highest BCUT2D eigenvalue weighted by Gasteiger charge is 2.29. The molecule has 2 aliphatic rings. The van der Waals surface area contributed by atoms with Crippen molar-refractivity contribution in [3.63, 3.8) is 0 Å². The van der Waals surface area contributed by atoms with Gasteiger partial charge in [0.05, 0.1) is 24.2 Å². The van der Waals surface area contributed by atoms with E-state index >= 15 is 0 Å². The summed E-state index contributed by atoms with van der Waals surface area (Å²) >= 11 is 0. The third kappa shape index (κ3) is 5.90. The van der Waals surface area contributed by atoms with E-state index in [0.29, 0.717) is 13.1 Å². The molecule has 14 nitrogen and oxygen atoms in total. The summed E-state index contributed by atoms with van der Waals surface area (Å²) in [5.74, 6) is -1.90. The highest BCUT2D eigenvalue weighted by Crippen LogP contribution is 2.23. The summed E-state index contributed by atoms with van der Waals surface area (Å²) in [6.45, 7) is 3.15. The molecule has 30 heavy (non-hydrogen) atoms. The molecule has 2 aromatic rings. The highest BCUT2D eigenvalue weighted by atomic mass is 16.5. The zero-order valence-electron chi connectivity index (χ0n) is 15.6. The standard InChI is InChI=1S/2C6H8N2O2.C4H6O6/c2*9-6-4-1-2-7-3-5(4)10-8-6;5-1(3(7)8)2(6)4(9)10/h2*7H,1-3H2,(H,8,9);1-2,5-6H,(H,7,8)(H,9,10). The summed E-state index contributed by atoms with van der Waals surface area (Å²) in [6, 6.07) is 0. The molecule has 0 bridgehead atoms. The van der Waals surface area contributed by atoms with Crippen LogP contribution < -0.4 is 10.6 Å². The van der Waals surface area contributed by atoms with Crippen LogP contribution in [0.5, 0.6) is 11.8 Å². The molecular formula is C16H22N4O10.